The highest BCUT2D eigenvalue weighted by molar-refractivity contribution is 6.32. The summed E-state index contributed by atoms with van der Waals surface area (Å²) in [6, 6.07) is 16.5. The summed E-state index contributed by atoms with van der Waals surface area (Å²) in [7, 11) is 0. The number of hydrogen-bond donors (Lipinski definition) is 2. The van der Waals surface area contributed by atoms with Gasteiger partial charge in [-0.15, -0.1) is 0 Å². The molecule has 0 bridgehead atoms. The fourth-order valence-corrected chi connectivity index (χ4v) is 5.92. The molecule has 19 heteroatoms. The average molecular weight is 910 g/mol. The third-order valence-electron chi connectivity index (χ3n) is 9.08. The summed E-state index contributed by atoms with van der Waals surface area (Å²) in [6.45, 7) is 10.2. The minimum absolute atomic E-state index is 0.00686. The predicted octanol–water partition coefficient (Wildman–Crippen LogP) is 3.07. The zero-order valence-corrected chi connectivity index (χ0v) is 36.9. The van der Waals surface area contributed by atoms with Crippen molar-refractivity contribution in [1.82, 2.24) is 5.32 Å². The lowest BCUT2D eigenvalue weighted by molar-refractivity contribution is -0.151. The van der Waals surface area contributed by atoms with Crippen LogP contribution in [-0.2, 0) is 76.0 Å². The van der Waals surface area contributed by atoms with Crippen LogP contribution in [0.3, 0.4) is 0 Å². The van der Waals surface area contributed by atoms with Crippen molar-refractivity contribution in [2.75, 3.05) is 165 Å². The topological polar surface area (TPSA) is 221 Å². The molecule has 0 saturated carbocycles. The lowest BCUT2D eigenvalue weighted by atomic mass is 9.98. The van der Waals surface area contributed by atoms with E-state index in [9.17, 15) is 19.2 Å². The van der Waals surface area contributed by atoms with Crippen molar-refractivity contribution in [3.05, 3.63) is 59.7 Å². The minimum atomic E-state index is -1.57. The number of benzene rings is 2. The van der Waals surface area contributed by atoms with Gasteiger partial charge in [0.05, 0.1) is 145 Å². The minimum Gasteiger partial charge on any atom is -0.476 e. The predicted molar refractivity (Wildman–Crippen MR) is 230 cm³/mol. The lowest BCUT2D eigenvalue weighted by Crippen LogP contribution is -2.27. The molecule has 0 saturated heterocycles. The summed E-state index contributed by atoms with van der Waals surface area (Å²) < 4.78 is 70.5. The molecule has 0 unspecified atom stereocenters. The quantitative estimate of drug-likeness (QED) is 0.0555. The molecule has 1 aliphatic carbocycles. The second-order valence-electron chi connectivity index (χ2n) is 13.8. The molecule has 0 heterocycles. The summed E-state index contributed by atoms with van der Waals surface area (Å²) in [6.07, 6.45) is -0.426. The number of carbonyl (C=O) groups is 4. The van der Waals surface area contributed by atoms with Gasteiger partial charge in [-0.25, -0.2) is 9.59 Å². The summed E-state index contributed by atoms with van der Waals surface area (Å²) in [5, 5.41) is 11.3. The first-order valence-electron chi connectivity index (χ1n) is 21.8. The molecule has 0 aromatic heterocycles. The van der Waals surface area contributed by atoms with Crippen LogP contribution in [0.25, 0.3) is 11.1 Å². The molecule has 3 rings (SSSR count). The number of fused-ring (bicyclic) bond motifs is 3. The first kappa shape index (κ1) is 54.2. The van der Waals surface area contributed by atoms with Crippen molar-refractivity contribution in [3.8, 4) is 11.1 Å². The van der Waals surface area contributed by atoms with E-state index in [1.54, 1.807) is 0 Å². The van der Waals surface area contributed by atoms with Crippen LogP contribution in [0.5, 0.6) is 0 Å². The molecule has 0 fully saturated rings. The number of hydrogen-bond acceptors (Lipinski definition) is 17. The number of Topliss-reactive ketones (excluding diaryl/α,β-unsaturated/α-hetero) is 1. The monoisotopic (exact) mass is 909 g/mol. The number of esters is 1. The molecule has 2 aromatic rings. The van der Waals surface area contributed by atoms with Crippen LogP contribution in [0.15, 0.2) is 48.5 Å². The van der Waals surface area contributed by atoms with Gasteiger partial charge < -0.3 is 72.0 Å². The van der Waals surface area contributed by atoms with Gasteiger partial charge in [0.1, 0.15) is 13.2 Å². The smallest absolute Gasteiger partial charge is 0.407 e. The average Bonchev–Trinajstić information content (AvgIpc) is 3.62. The van der Waals surface area contributed by atoms with Crippen molar-refractivity contribution >= 4 is 23.8 Å². The number of carboxylic acid groups (broad SMARTS) is 1. The largest absolute Gasteiger partial charge is 0.476 e. The van der Waals surface area contributed by atoms with Crippen LogP contribution >= 0.6 is 0 Å². The second-order valence-corrected chi connectivity index (χ2v) is 13.8. The van der Waals surface area contributed by atoms with Gasteiger partial charge in [-0.1, -0.05) is 48.5 Å². The van der Waals surface area contributed by atoms with E-state index in [4.69, 9.17) is 66.7 Å². The molecule has 0 atom stereocenters. The maximum atomic E-state index is 12.3. The molecule has 19 nitrogen and oxygen atoms in total. The first-order chi connectivity index (χ1) is 31.5. The molecule has 0 aliphatic heterocycles. The van der Waals surface area contributed by atoms with E-state index in [1.165, 1.54) is 22.3 Å². The van der Waals surface area contributed by atoms with Gasteiger partial charge in [-0.3, -0.25) is 9.59 Å². The van der Waals surface area contributed by atoms with Crippen LogP contribution in [-0.4, -0.2) is 194 Å². The van der Waals surface area contributed by atoms with Gasteiger partial charge in [-0.05, 0) is 28.7 Å². The summed E-state index contributed by atoms with van der Waals surface area (Å²) in [5.41, 5.74) is 4.77. The van der Waals surface area contributed by atoms with Gasteiger partial charge in [0.25, 0.3) is 0 Å². The number of ether oxygens (including phenoxy) is 13. The highest BCUT2D eigenvalue weighted by Crippen LogP contribution is 2.44. The Kier molecular flexibility index (Phi) is 31.5. The molecule has 2 aromatic carbocycles. The van der Waals surface area contributed by atoms with Crippen LogP contribution in [0.2, 0.25) is 0 Å². The van der Waals surface area contributed by atoms with Gasteiger partial charge in [-0.2, -0.15) is 0 Å². The van der Waals surface area contributed by atoms with Gasteiger partial charge in [0.15, 0.2) is 0 Å². The molecule has 1 aliphatic rings. The summed E-state index contributed by atoms with van der Waals surface area (Å²) in [4.78, 5) is 45.0. The summed E-state index contributed by atoms with van der Waals surface area (Å²) >= 11 is 0. The van der Waals surface area contributed by atoms with E-state index in [0.29, 0.717) is 158 Å². The third-order valence-corrected chi connectivity index (χ3v) is 9.08. The number of rotatable bonds is 43. The highest BCUT2D eigenvalue weighted by Gasteiger charge is 2.29. The van der Waals surface area contributed by atoms with Crippen molar-refractivity contribution in [2.45, 2.75) is 25.2 Å². The highest BCUT2D eigenvalue weighted by atomic mass is 16.6. The van der Waals surface area contributed by atoms with Crippen molar-refractivity contribution in [3.63, 3.8) is 0 Å². The molecule has 0 radical (unpaired) electrons. The van der Waals surface area contributed by atoms with E-state index in [-0.39, 0.29) is 25.6 Å². The van der Waals surface area contributed by atoms with Crippen LogP contribution in [0.4, 0.5) is 4.79 Å². The number of alkyl carbamates (subject to hydrolysis) is 1. The van der Waals surface area contributed by atoms with Crippen molar-refractivity contribution < 1.29 is 85.9 Å². The standard InChI is InChI=1S/C45H67NO18/c47-42(44(49)50)10-11-43(48)63-35-34-62-33-32-61-31-30-60-29-28-59-27-26-58-25-24-57-23-22-56-21-20-55-19-18-54-17-16-53-15-14-52-13-5-12-46-45(51)64-36-41-39-8-3-1-6-37(39)38-7-2-4-9-40(38)41/h1-4,6-9,41H,5,10-36H2,(H,46,51)(H,49,50). The SMILES string of the molecule is O=C(CCC(=O)C(=O)O)OCCOCCOCCOCCOCCOCCOCCOCCOCCOCCOCCOCCCNC(=O)OCC1c2ccccc2-c2ccccc21. The molecule has 360 valence electrons. The van der Waals surface area contributed by atoms with E-state index < -0.39 is 30.2 Å². The van der Waals surface area contributed by atoms with Crippen LogP contribution in [0, 0.1) is 0 Å². The lowest BCUT2D eigenvalue weighted by Gasteiger charge is -2.14. The van der Waals surface area contributed by atoms with E-state index >= 15 is 0 Å². The normalized spacial score (nSPS) is 11.9. The molecule has 0 spiro atoms. The molecular formula is C45H67NO18. The third kappa shape index (κ3) is 26.0. The molecule has 1 amide bonds. The summed E-state index contributed by atoms with van der Waals surface area (Å²) in [5.74, 6) is -3.21. The Labute approximate surface area is 375 Å². The fraction of sp³-hybridized carbons (Fsp3) is 0.644. The second kappa shape index (κ2) is 37.1. The number of aliphatic carboxylic acids is 1. The number of amides is 1. The number of carbonyl (C=O) groups excluding carboxylic acids is 3. The van der Waals surface area contributed by atoms with Gasteiger partial charge in [0.2, 0.25) is 5.78 Å². The fourth-order valence-electron chi connectivity index (χ4n) is 5.92. The van der Waals surface area contributed by atoms with Gasteiger partial charge in [0, 0.05) is 25.5 Å². The zero-order valence-electron chi connectivity index (χ0n) is 36.9. The number of nitrogens with one attached hydrogen (secondary N) is 1. The molecule has 64 heavy (non-hydrogen) atoms. The van der Waals surface area contributed by atoms with Crippen LogP contribution < -0.4 is 5.32 Å². The van der Waals surface area contributed by atoms with E-state index in [1.807, 2.05) is 24.3 Å². The Hall–Kier alpha value is -4.12. The number of ketones is 1. The Morgan fingerprint density at radius 3 is 1.16 bits per heavy atom. The van der Waals surface area contributed by atoms with E-state index in [0.717, 1.165) is 0 Å². The number of carboxylic acids is 1. The first-order valence-corrected chi connectivity index (χ1v) is 21.8. The maximum absolute atomic E-state index is 12.3. The van der Waals surface area contributed by atoms with Gasteiger partial charge >= 0.3 is 18.0 Å². The Bertz CT molecular complexity index is 1500. The Morgan fingerprint density at radius 1 is 0.438 bits per heavy atom. The Morgan fingerprint density at radius 2 is 0.781 bits per heavy atom. The Balaban J connectivity index is 0.917. The molecule has 2 N–H and O–H groups in total. The molecular weight excluding hydrogens is 842 g/mol. The van der Waals surface area contributed by atoms with Crippen molar-refractivity contribution in [1.29, 1.82) is 0 Å². The van der Waals surface area contributed by atoms with Crippen molar-refractivity contribution in [2.24, 2.45) is 0 Å². The van der Waals surface area contributed by atoms with E-state index in [2.05, 4.69) is 29.6 Å². The zero-order chi connectivity index (χ0) is 45.6. The maximum Gasteiger partial charge on any atom is 0.407 e. The van der Waals surface area contributed by atoms with Crippen LogP contribution in [0.1, 0.15) is 36.3 Å².